The second-order valence-corrected chi connectivity index (χ2v) is 7.15. The summed E-state index contributed by atoms with van der Waals surface area (Å²) >= 11 is 7.02. The highest BCUT2D eigenvalue weighted by Gasteiger charge is 2.31. The first kappa shape index (κ1) is 20.6. The largest absolute Gasteiger partial charge is 0.417 e. The van der Waals surface area contributed by atoms with E-state index in [4.69, 9.17) is 11.6 Å². The third-order valence-corrected chi connectivity index (χ3v) is 5.20. The smallest absolute Gasteiger partial charge is 0.355 e. The summed E-state index contributed by atoms with van der Waals surface area (Å²) in [4.78, 5) is 15.8. The quantitative estimate of drug-likeness (QED) is 0.588. The van der Waals surface area contributed by atoms with E-state index in [1.165, 1.54) is 11.8 Å². The topological polar surface area (TPSA) is 59.8 Å². The number of aromatic nitrogens is 3. The average Bonchev–Trinajstić information content (AvgIpc) is 2.78. The van der Waals surface area contributed by atoms with Gasteiger partial charge in [0.1, 0.15) is 5.03 Å². The fourth-order valence-electron chi connectivity index (χ4n) is 2.32. The number of nitrogens with one attached hydrogen (secondary N) is 1. The minimum absolute atomic E-state index is 0.0576. The zero-order valence-corrected chi connectivity index (χ0v) is 16.0. The second kappa shape index (κ2) is 8.30. The molecule has 0 radical (unpaired) electrons. The normalized spacial score (nSPS) is 11.7. The van der Waals surface area contributed by atoms with E-state index < -0.39 is 11.7 Å². The van der Waals surface area contributed by atoms with Crippen molar-refractivity contribution in [2.75, 3.05) is 12.3 Å². The fraction of sp³-hybridized carbons (Fsp3) is 0.438. The van der Waals surface area contributed by atoms with Gasteiger partial charge in [0.15, 0.2) is 0 Å². The van der Waals surface area contributed by atoms with Crippen LogP contribution in [0.3, 0.4) is 0 Å². The van der Waals surface area contributed by atoms with Crippen LogP contribution in [-0.4, -0.2) is 33.0 Å². The number of carbonyl (C=O) groups is 1. The molecule has 0 aliphatic rings. The van der Waals surface area contributed by atoms with Crippen molar-refractivity contribution in [1.82, 2.24) is 20.1 Å². The zero-order valence-electron chi connectivity index (χ0n) is 14.4. The summed E-state index contributed by atoms with van der Waals surface area (Å²) in [6.07, 6.45) is -3.49. The van der Waals surface area contributed by atoms with Crippen molar-refractivity contribution in [2.24, 2.45) is 7.05 Å². The van der Waals surface area contributed by atoms with Crippen LogP contribution in [0.2, 0.25) is 5.02 Å². The highest BCUT2D eigenvalue weighted by atomic mass is 35.5. The van der Waals surface area contributed by atoms with Gasteiger partial charge in [-0.3, -0.25) is 9.48 Å². The lowest BCUT2D eigenvalue weighted by Crippen LogP contribution is -2.27. The predicted octanol–water partition coefficient (Wildman–Crippen LogP) is 3.56. The van der Waals surface area contributed by atoms with Gasteiger partial charge in [-0.2, -0.15) is 18.3 Å². The lowest BCUT2D eigenvalue weighted by atomic mass is 10.1. The molecule has 1 amide bonds. The number of rotatable bonds is 6. The van der Waals surface area contributed by atoms with Gasteiger partial charge in [0.2, 0.25) is 5.91 Å². The highest BCUT2D eigenvalue weighted by Crippen LogP contribution is 2.33. The second-order valence-electron chi connectivity index (χ2n) is 5.66. The van der Waals surface area contributed by atoms with Crippen molar-refractivity contribution >= 4 is 29.3 Å². The monoisotopic (exact) mass is 406 g/mol. The molecule has 1 N–H and O–H groups in total. The third-order valence-electron chi connectivity index (χ3n) is 3.79. The van der Waals surface area contributed by atoms with Crippen LogP contribution in [0.4, 0.5) is 13.2 Å². The van der Waals surface area contributed by atoms with Gasteiger partial charge in [-0.15, -0.1) is 11.8 Å². The highest BCUT2D eigenvalue weighted by molar-refractivity contribution is 7.99. The molecule has 0 spiro atoms. The van der Waals surface area contributed by atoms with Crippen molar-refractivity contribution < 1.29 is 18.0 Å². The maximum atomic E-state index is 12.6. The van der Waals surface area contributed by atoms with Crippen LogP contribution in [0.1, 0.15) is 22.5 Å². The Labute approximate surface area is 158 Å². The van der Waals surface area contributed by atoms with Gasteiger partial charge in [-0.05, 0) is 19.9 Å². The molecule has 10 heteroatoms. The molecule has 2 rings (SSSR count). The van der Waals surface area contributed by atoms with Crippen LogP contribution in [-0.2, 0) is 24.4 Å². The lowest BCUT2D eigenvalue weighted by molar-refractivity contribution is -0.137. The molecule has 0 saturated carbocycles. The molecule has 0 aromatic carbocycles. The van der Waals surface area contributed by atoms with Gasteiger partial charge in [-0.1, -0.05) is 11.6 Å². The number of thioether (sulfide) groups is 1. The van der Waals surface area contributed by atoms with Crippen LogP contribution >= 0.6 is 23.4 Å². The van der Waals surface area contributed by atoms with E-state index in [2.05, 4.69) is 15.4 Å². The molecule has 5 nitrogen and oxygen atoms in total. The number of amides is 1. The Balaban J connectivity index is 1.82. The molecule has 0 fully saturated rings. The number of alkyl halides is 3. The lowest BCUT2D eigenvalue weighted by Gasteiger charge is -2.09. The molecule has 2 aromatic heterocycles. The van der Waals surface area contributed by atoms with Crippen molar-refractivity contribution in [3.63, 3.8) is 0 Å². The van der Waals surface area contributed by atoms with Gasteiger partial charge in [-0.25, -0.2) is 4.98 Å². The van der Waals surface area contributed by atoms with E-state index in [0.29, 0.717) is 17.3 Å². The number of hydrogen-bond acceptors (Lipinski definition) is 4. The first-order valence-corrected chi connectivity index (χ1v) is 9.07. The molecule has 0 unspecified atom stereocenters. The summed E-state index contributed by atoms with van der Waals surface area (Å²) in [5.41, 5.74) is 1.76. The number of halogens is 4. The van der Waals surface area contributed by atoms with Gasteiger partial charge in [0.05, 0.1) is 22.7 Å². The van der Waals surface area contributed by atoms with Gasteiger partial charge < -0.3 is 5.32 Å². The minimum atomic E-state index is -4.48. The fourth-order valence-corrected chi connectivity index (χ4v) is 3.37. The molecule has 26 heavy (non-hydrogen) atoms. The zero-order chi connectivity index (χ0) is 19.5. The molecule has 2 heterocycles. The van der Waals surface area contributed by atoms with E-state index >= 15 is 0 Å². The first-order chi connectivity index (χ1) is 12.1. The number of aryl methyl sites for hydroxylation is 2. The number of carbonyl (C=O) groups excluding carboxylic acids is 1. The van der Waals surface area contributed by atoms with Crippen LogP contribution < -0.4 is 5.32 Å². The van der Waals surface area contributed by atoms with Crippen molar-refractivity contribution in [1.29, 1.82) is 0 Å². The van der Waals surface area contributed by atoms with Gasteiger partial charge in [0.25, 0.3) is 0 Å². The maximum Gasteiger partial charge on any atom is 0.417 e. The minimum Gasteiger partial charge on any atom is -0.355 e. The van der Waals surface area contributed by atoms with E-state index in [-0.39, 0.29) is 17.4 Å². The molecule has 142 valence electrons. The molecule has 0 atom stereocenters. The third kappa shape index (κ3) is 5.14. The summed E-state index contributed by atoms with van der Waals surface area (Å²) in [7, 11) is 1.82. The molecule has 0 aliphatic carbocycles. The molecular weight excluding hydrogens is 389 g/mol. The van der Waals surface area contributed by atoms with E-state index in [1.54, 1.807) is 4.68 Å². The van der Waals surface area contributed by atoms with Crippen LogP contribution in [0.5, 0.6) is 0 Å². The summed E-state index contributed by atoms with van der Waals surface area (Å²) in [6.45, 7) is 4.10. The molecule has 0 saturated heterocycles. The molecule has 0 aliphatic heterocycles. The van der Waals surface area contributed by atoms with E-state index in [0.717, 1.165) is 29.2 Å². The van der Waals surface area contributed by atoms with Crippen molar-refractivity contribution in [3.8, 4) is 0 Å². The summed E-state index contributed by atoms with van der Waals surface area (Å²) in [6, 6.07) is 0.851. The van der Waals surface area contributed by atoms with Crippen LogP contribution in [0.25, 0.3) is 0 Å². The summed E-state index contributed by atoms with van der Waals surface area (Å²) < 4.78 is 39.4. The summed E-state index contributed by atoms with van der Waals surface area (Å²) in [5, 5.41) is 7.28. The van der Waals surface area contributed by atoms with Crippen molar-refractivity contribution in [3.05, 3.63) is 39.8 Å². The SMILES string of the molecule is Cc1nn(C)c(C)c1CC(=O)NCCSc1ncc(C(F)(F)F)cc1Cl. The Morgan fingerprint density at radius 1 is 1.38 bits per heavy atom. The van der Waals surface area contributed by atoms with Crippen LogP contribution in [0.15, 0.2) is 17.3 Å². The Bertz CT molecular complexity index is 808. The van der Waals surface area contributed by atoms with Crippen molar-refractivity contribution in [2.45, 2.75) is 31.5 Å². The number of pyridine rings is 1. The standard InChI is InChI=1S/C16H18ClF3N4OS/c1-9-12(10(2)24(3)23-9)7-14(25)21-4-5-26-15-13(17)6-11(8-22-15)16(18,19)20/h6,8H,4-5,7H2,1-3H3,(H,21,25). The Kier molecular flexibility index (Phi) is 6.57. The Morgan fingerprint density at radius 3 is 2.62 bits per heavy atom. The average molecular weight is 407 g/mol. The molecule has 0 bridgehead atoms. The van der Waals surface area contributed by atoms with Gasteiger partial charge >= 0.3 is 6.18 Å². The summed E-state index contributed by atoms with van der Waals surface area (Å²) in [5.74, 6) is 0.297. The molecular formula is C16H18ClF3N4OS. The van der Waals surface area contributed by atoms with Crippen LogP contribution in [0, 0.1) is 13.8 Å². The maximum absolute atomic E-state index is 12.6. The number of hydrogen-bond donors (Lipinski definition) is 1. The molecule has 2 aromatic rings. The Morgan fingerprint density at radius 2 is 2.08 bits per heavy atom. The van der Waals surface area contributed by atoms with Gasteiger partial charge in [0, 0.05) is 36.8 Å². The van der Waals surface area contributed by atoms with E-state index in [9.17, 15) is 18.0 Å². The first-order valence-electron chi connectivity index (χ1n) is 7.71. The predicted molar refractivity (Wildman–Crippen MR) is 94.4 cm³/mol. The van der Waals surface area contributed by atoms with E-state index in [1.807, 2.05) is 20.9 Å². The number of nitrogens with zero attached hydrogens (tertiary/aromatic N) is 3. The Hall–Kier alpha value is -1.74.